The normalized spacial score (nSPS) is 11.8. The Morgan fingerprint density at radius 2 is 1.80 bits per heavy atom. The molecule has 0 atom stereocenters. The Labute approximate surface area is 123 Å². The molecule has 0 spiro atoms. The molecule has 0 bridgehead atoms. The molecule has 0 aliphatic carbocycles. The molecule has 2 rings (SSSR count). The molecule has 1 aromatic heterocycles. The maximum absolute atomic E-state index is 9.42. The van der Waals surface area contributed by atoms with Gasteiger partial charge in [0, 0.05) is 11.4 Å². The molecule has 4 heteroatoms. The van der Waals surface area contributed by atoms with Crippen molar-refractivity contribution >= 4 is 11.3 Å². The van der Waals surface area contributed by atoms with Crippen molar-refractivity contribution in [1.29, 1.82) is 0 Å². The summed E-state index contributed by atoms with van der Waals surface area (Å²) in [5.74, 6) is 0. The number of rotatable bonds is 7. The molecule has 108 valence electrons. The Morgan fingerprint density at radius 1 is 1.10 bits per heavy atom. The summed E-state index contributed by atoms with van der Waals surface area (Å²) in [5.41, 5.74) is 1.83. The van der Waals surface area contributed by atoms with Gasteiger partial charge in [-0.05, 0) is 29.0 Å². The van der Waals surface area contributed by atoms with Crippen molar-refractivity contribution in [3.63, 3.8) is 0 Å². The first-order valence-electron chi connectivity index (χ1n) is 6.82. The van der Waals surface area contributed by atoms with E-state index in [4.69, 9.17) is 0 Å². The zero-order valence-electron chi connectivity index (χ0n) is 11.7. The first-order valence-corrected chi connectivity index (χ1v) is 7.70. The fraction of sp³-hybridized carbons (Fsp3) is 0.375. The molecule has 2 aromatic rings. The Balaban J connectivity index is 2.03. The molecule has 0 saturated heterocycles. The summed E-state index contributed by atoms with van der Waals surface area (Å²) in [7, 11) is 0. The third kappa shape index (κ3) is 3.46. The maximum atomic E-state index is 9.42. The number of aliphatic hydroxyl groups is 2. The molecule has 3 nitrogen and oxygen atoms in total. The second kappa shape index (κ2) is 6.99. The molecule has 0 unspecified atom stereocenters. The molecule has 0 aliphatic heterocycles. The first kappa shape index (κ1) is 15.2. The van der Waals surface area contributed by atoms with Crippen LogP contribution in [0.2, 0.25) is 0 Å². The summed E-state index contributed by atoms with van der Waals surface area (Å²) in [6.07, 6.45) is 0.691. The van der Waals surface area contributed by atoms with Crippen molar-refractivity contribution in [1.82, 2.24) is 5.32 Å². The molecule has 0 fully saturated rings. The summed E-state index contributed by atoms with van der Waals surface area (Å²) < 4.78 is 0. The van der Waals surface area contributed by atoms with Gasteiger partial charge >= 0.3 is 0 Å². The van der Waals surface area contributed by atoms with Crippen molar-refractivity contribution in [3.05, 3.63) is 46.7 Å². The zero-order chi connectivity index (χ0) is 14.4. The fourth-order valence-corrected chi connectivity index (χ4v) is 2.87. The molecular weight excluding hydrogens is 270 g/mol. The van der Waals surface area contributed by atoms with Crippen LogP contribution in [0.1, 0.15) is 18.2 Å². The average Bonchev–Trinajstić information content (AvgIpc) is 2.99. The van der Waals surface area contributed by atoms with Crippen LogP contribution >= 0.6 is 11.3 Å². The van der Waals surface area contributed by atoms with Gasteiger partial charge in [-0.3, -0.25) is 0 Å². The highest BCUT2D eigenvalue weighted by Crippen LogP contribution is 2.25. The smallest absolute Gasteiger partial charge is 0.0648 e. The highest BCUT2D eigenvalue weighted by atomic mass is 32.1. The van der Waals surface area contributed by atoms with Crippen LogP contribution in [-0.4, -0.2) is 29.0 Å². The summed E-state index contributed by atoms with van der Waals surface area (Å²) in [4.78, 5) is 1.20. The monoisotopic (exact) mass is 291 g/mol. The van der Waals surface area contributed by atoms with Gasteiger partial charge in [0.15, 0.2) is 0 Å². The molecule has 0 aliphatic rings. The summed E-state index contributed by atoms with van der Waals surface area (Å²) >= 11 is 1.69. The Kier molecular flexibility index (Phi) is 5.31. The van der Waals surface area contributed by atoms with Gasteiger partial charge in [-0.25, -0.2) is 0 Å². The second-order valence-corrected chi connectivity index (χ2v) is 5.97. The van der Waals surface area contributed by atoms with E-state index >= 15 is 0 Å². The number of hydrogen-bond donors (Lipinski definition) is 3. The van der Waals surface area contributed by atoms with Crippen LogP contribution < -0.4 is 5.32 Å². The van der Waals surface area contributed by atoms with E-state index < -0.39 is 5.54 Å². The summed E-state index contributed by atoms with van der Waals surface area (Å²) in [5, 5.41) is 24.2. The van der Waals surface area contributed by atoms with Crippen molar-refractivity contribution in [2.75, 3.05) is 13.2 Å². The molecule has 0 saturated carbocycles. The van der Waals surface area contributed by atoms with Gasteiger partial charge in [0.2, 0.25) is 0 Å². The molecule has 20 heavy (non-hydrogen) atoms. The van der Waals surface area contributed by atoms with Crippen molar-refractivity contribution in [3.8, 4) is 11.1 Å². The minimum absolute atomic E-state index is 0.0586. The summed E-state index contributed by atoms with van der Waals surface area (Å²) in [6, 6.07) is 12.4. The zero-order valence-corrected chi connectivity index (χ0v) is 12.5. The predicted molar refractivity (Wildman–Crippen MR) is 83.8 cm³/mol. The molecular formula is C16H21NO2S. The highest BCUT2D eigenvalue weighted by molar-refractivity contribution is 7.10. The quantitative estimate of drug-likeness (QED) is 0.735. The van der Waals surface area contributed by atoms with E-state index in [1.54, 1.807) is 11.3 Å². The number of nitrogens with one attached hydrogen (secondary N) is 1. The van der Waals surface area contributed by atoms with Gasteiger partial charge in [-0.15, -0.1) is 11.3 Å². The van der Waals surface area contributed by atoms with Gasteiger partial charge in [-0.1, -0.05) is 37.3 Å². The lowest BCUT2D eigenvalue weighted by molar-refractivity contribution is 0.0866. The van der Waals surface area contributed by atoms with E-state index in [2.05, 4.69) is 28.9 Å². The average molecular weight is 291 g/mol. The van der Waals surface area contributed by atoms with Crippen LogP contribution in [0, 0.1) is 0 Å². The molecule has 1 aromatic carbocycles. The van der Waals surface area contributed by atoms with E-state index in [1.165, 1.54) is 16.0 Å². The molecule has 0 amide bonds. The number of thiophene rings is 1. The lowest BCUT2D eigenvalue weighted by Crippen LogP contribution is -2.50. The second-order valence-electron chi connectivity index (χ2n) is 4.97. The van der Waals surface area contributed by atoms with Crippen LogP contribution in [-0.2, 0) is 6.54 Å². The van der Waals surface area contributed by atoms with Gasteiger partial charge in [-0.2, -0.15) is 0 Å². The van der Waals surface area contributed by atoms with Crippen molar-refractivity contribution in [2.24, 2.45) is 0 Å². The predicted octanol–water partition coefficient (Wildman–Crippen LogP) is 2.64. The van der Waals surface area contributed by atoms with Crippen LogP contribution in [0.4, 0.5) is 0 Å². The van der Waals surface area contributed by atoms with Crippen molar-refractivity contribution < 1.29 is 10.2 Å². The first-order chi connectivity index (χ1) is 9.73. The Hall–Kier alpha value is -1.20. The van der Waals surface area contributed by atoms with Crippen molar-refractivity contribution in [2.45, 2.75) is 25.4 Å². The van der Waals surface area contributed by atoms with Crippen LogP contribution in [0.3, 0.4) is 0 Å². The van der Waals surface area contributed by atoms with Gasteiger partial charge in [0.25, 0.3) is 0 Å². The standard InChI is InChI=1S/C16H21NO2S/c1-2-16(11-18,12-19)17-9-15-8-14(10-20-15)13-6-4-3-5-7-13/h3-8,10,17-19H,2,9,11-12H2,1H3. The van der Waals surface area contributed by atoms with Gasteiger partial charge < -0.3 is 15.5 Å². The lowest BCUT2D eigenvalue weighted by atomic mass is 9.98. The number of aliphatic hydroxyl groups excluding tert-OH is 2. The number of benzene rings is 1. The van der Waals surface area contributed by atoms with Gasteiger partial charge in [0.1, 0.15) is 0 Å². The number of hydrogen-bond acceptors (Lipinski definition) is 4. The molecule has 0 radical (unpaired) electrons. The fourth-order valence-electron chi connectivity index (χ4n) is 2.04. The largest absolute Gasteiger partial charge is 0.394 e. The third-order valence-corrected chi connectivity index (χ3v) is 4.62. The van der Waals surface area contributed by atoms with E-state index in [-0.39, 0.29) is 13.2 Å². The SMILES string of the molecule is CCC(CO)(CO)NCc1cc(-c2ccccc2)cs1. The van der Waals surface area contributed by atoms with Crippen LogP contribution in [0.5, 0.6) is 0 Å². The molecule has 1 heterocycles. The van der Waals surface area contributed by atoms with E-state index in [1.807, 2.05) is 25.1 Å². The lowest BCUT2D eigenvalue weighted by Gasteiger charge is -2.29. The molecule has 3 N–H and O–H groups in total. The van der Waals surface area contributed by atoms with E-state index in [0.717, 1.165) is 0 Å². The van der Waals surface area contributed by atoms with Crippen LogP contribution in [0.25, 0.3) is 11.1 Å². The maximum Gasteiger partial charge on any atom is 0.0648 e. The van der Waals surface area contributed by atoms with E-state index in [0.29, 0.717) is 13.0 Å². The minimum atomic E-state index is -0.586. The Bertz CT molecular complexity index is 512. The van der Waals surface area contributed by atoms with Crippen LogP contribution in [0.15, 0.2) is 41.8 Å². The Morgan fingerprint density at radius 3 is 2.40 bits per heavy atom. The third-order valence-electron chi connectivity index (χ3n) is 3.68. The highest BCUT2D eigenvalue weighted by Gasteiger charge is 2.25. The summed E-state index contributed by atoms with van der Waals surface area (Å²) in [6.45, 7) is 2.50. The minimum Gasteiger partial charge on any atom is -0.394 e. The topological polar surface area (TPSA) is 52.5 Å². The van der Waals surface area contributed by atoms with Gasteiger partial charge in [0.05, 0.1) is 18.8 Å². The van der Waals surface area contributed by atoms with E-state index in [9.17, 15) is 10.2 Å².